The normalized spacial score (nSPS) is 31.3. The Hall–Kier alpha value is -2.14. The van der Waals surface area contributed by atoms with Crippen LogP contribution in [-0.4, -0.2) is 49.9 Å². The average molecular weight is 450 g/mol. The summed E-state index contributed by atoms with van der Waals surface area (Å²) in [5.41, 5.74) is 5.76. The number of allylic oxidation sites excluding steroid dienone is 1. The molecule has 0 bridgehead atoms. The van der Waals surface area contributed by atoms with E-state index in [0.29, 0.717) is 17.4 Å². The van der Waals surface area contributed by atoms with Gasteiger partial charge in [0, 0.05) is 44.0 Å². The maximum Gasteiger partial charge on any atom is 0.257 e. The van der Waals surface area contributed by atoms with Crippen molar-refractivity contribution in [1.29, 1.82) is 0 Å². The second kappa shape index (κ2) is 8.90. The largest absolute Gasteiger partial charge is 0.369 e. The third-order valence-corrected chi connectivity index (χ3v) is 8.91. The molecule has 1 saturated heterocycles. The monoisotopic (exact) mass is 449 g/mol. The SMILES string of the molecule is CC1C[C@H](C2=C(CN3CCN(c4ccc(C(=O)NC=O)cc4)CC3)CCC(C)(C)C2)C2C[C@H]12. The van der Waals surface area contributed by atoms with Crippen LogP contribution in [0, 0.1) is 29.1 Å². The first kappa shape index (κ1) is 22.6. The third-order valence-electron chi connectivity index (χ3n) is 8.91. The number of hydrogen-bond donors (Lipinski definition) is 1. The highest BCUT2D eigenvalue weighted by Gasteiger charge is 2.54. The Balaban J connectivity index is 1.22. The van der Waals surface area contributed by atoms with Crippen molar-refractivity contribution in [2.75, 3.05) is 37.6 Å². The Morgan fingerprint density at radius 3 is 2.42 bits per heavy atom. The summed E-state index contributed by atoms with van der Waals surface area (Å²) in [6, 6.07) is 7.59. The van der Waals surface area contributed by atoms with Crippen molar-refractivity contribution in [1.82, 2.24) is 10.2 Å². The number of carbonyl (C=O) groups excluding carboxylic acids is 2. The van der Waals surface area contributed by atoms with E-state index in [0.717, 1.165) is 62.1 Å². The summed E-state index contributed by atoms with van der Waals surface area (Å²) in [4.78, 5) is 27.4. The van der Waals surface area contributed by atoms with Crippen LogP contribution in [-0.2, 0) is 4.79 Å². The van der Waals surface area contributed by atoms with Crippen molar-refractivity contribution >= 4 is 18.0 Å². The standard InChI is InChI=1S/C28H39N3O2/c1-19-14-24(25-15-23(19)25)26-16-28(2,3)9-8-21(26)17-30-10-12-31(13-11-30)22-6-4-20(5-7-22)27(33)29-18-32/h4-7,18-19,23-25H,8-17H2,1-3H3,(H,29,32,33)/t19?,23-,24+,25?/m1/s1. The number of piperazine rings is 1. The first-order valence-corrected chi connectivity index (χ1v) is 12.9. The molecule has 4 atom stereocenters. The van der Waals surface area contributed by atoms with Crippen molar-refractivity contribution in [3.05, 3.63) is 41.0 Å². The highest BCUT2D eigenvalue weighted by atomic mass is 16.2. The van der Waals surface area contributed by atoms with Crippen LogP contribution in [0.15, 0.2) is 35.4 Å². The van der Waals surface area contributed by atoms with Crippen LogP contribution in [0.25, 0.3) is 0 Å². The number of amides is 2. The van der Waals surface area contributed by atoms with E-state index < -0.39 is 0 Å². The van der Waals surface area contributed by atoms with Crippen LogP contribution < -0.4 is 10.2 Å². The van der Waals surface area contributed by atoms with Crippen LogP contribution in [0.2, 0.25) is 0 Å². The van der Waals surface area contributed by atoms with Crippen molar-refractivity contribution in [3.63, 3.8) is 0 Å². The lowest BCUT2D eigenvalue weighted by Gasteiger charge is -2.40. The molecule has 2 saturated carbocycles. The fraction of sp³-hybridized carbons (Fsp3) is 0.643. The number of carbonyl (C=O) groups is 2. The predicted octanol–water partition coefficient (Wildman–Crippen LogP) is 4.49. The topological polar surface area (TPSA) is 52.6 Å². The Morgan fingerprint density at radius 2 is 1.82 bits per heavy atom. The van der Waals surface area contributed by atoms with Crippen molar-refractivity contribution in [3.8, 4) is 0 Å². The molecule has 2 amide bonds. The molecule has 0 radical (unpaired) electrons. The van der Waals surface area contributed by atoms with Crippen molar-refractivity contribution in [2.45, 2.75) is 52.9 Å². The zero-order valence-corrected chi connectivity index (χ0v) is 20.5. The van der Waals surface area contributed by atoms with Crippen LogP contribution in [0.3, 0.4) is 0 Å². The Labute approximate surface area is 198 Å². The molecule has 5 heteroatoms. The van der Waals surface area contributed by atoms with Gasteiger partial charge >= 0.3 is 0 Å². The van der Waals surface area contributed by atoms with Gasteiger partial charge in [0.15, 0.2) is 0 Å². The highest BCUT2D eigenvalue weighted by molar-refractivity contribution is 5.99. The van der Waals surface area contributed by atoms with Gasteiger partial charge in [-0.1, -0.05) is 31.9 Å². The molecule has 0 spiro atoms. The minimum absolute atomic E-state index is 0.352. The summed E-state index contributed by atoms with van der Waals surface area (Å²) in [6.07, 6.45) is 7.27. The van der Waals surface area contributed by atoms with E-state index in [1.54, 1.807) is 17.7 Å². The molecule has 33 heavy (non-hydrogen) atoms. The van der Waals surface area contributed by atoms with Gasteiger partial charge in [-0.3, -0.25) is 19.8 Å². The van der Waals surface area contributed by atoms with E-state index in [-0.39, 0.29) is 5.91 Å². The number of rotatable bonds is 6. The van der Waals surface area contributed by atoms with E-state index in [2.05, 4.69) is 35.9 Å². The quantitative estimate of drug-likeness (QED) is 0.513. The molecule has 178 valence electrons. The molecule has 4 aliphatic rings. The maximum atomic E-state index is 11.8. The van der Waals surface area contributed by atoms with E-state index in [9.17, 15) is 9.59 Å². The summed E-state index contributed by atoms with van der Waals surface area (Å²) in [5, 5.41) is 2.20. The summed E-state index contributed by atoms with van der Waals surface area (Å²) in [7, 11) is 0. The second-order valence-electron chi connectivity index (χ2n) is 11.8. The second-order valence-corrected chi connectivity index (χ2v) is 11.8. The predicted molar refractivity (Wildman–Crippen MR) is 132 cm³/mol. The lowest BCUT2D eigenvalue weighted by Crippen LogP contribution is -2.47. The molecular formula is C28H39N3O2. The number of imide groups is 1. The van der Waals surface area contributed by atoms with Gasteiger partial charge in [-0.25, -0.2) is 0 Å². The molecule has 1 aliphatic heterocycles. The van der Waals surface area contributed by atoms with Gasteiger partial charge in [0.2, 0.25) is 6.41 Å². The summed E-state index contributed by atoms with van der Waals surface area (Å²) < 4.78 is 0. The molecule has 5 nitrogen and oxygen atoms in total. The summed E-state index contributed by atoms with van der Waals surface area (Å²) in [5.74, 6) is 3.46. The van der Waals surface area contributed by atoms with Gasteiger partial charge in [-0.15, -0.1) is 0 Å². The number of anilines is 1. The molecule has 3 fully saturated rings. The first-order chi connectivity index (χ1) is 15.8. The maximum absolute atomic E-state index is 11.8. The van der Waals surface area contributed by atoms with Crippen LogP contribution in [0.4, 0.5) is 5.69 Å². The van der Waals surface area contributed by atoms with Gasteiger partial charge in [-0.2, -0.15) is 0 Å². The van der Waals surface area contributed by atoms with Crippen LogP contribution in [0.5, 0.6) is 0 Å². The third kappa shape index (κ3) is 4.75. The van der Waals surface area contributed by atoms with E-state index in [1.165, 1.54) is 32.1 Å². The molecule has 5 rings (SSSR count). The van der Waals surface area contributed by atoms with E-state index in [1.807, 2.05) is 17.7 Å². The number of benzene rings is 1. The first-order valence-electron chi connectivity index (χ1n) is 12.9. The molecule has 3 aliphatic carbocycles. The summed E-state index contributed by atoms with van der Waals surface area (Å²) in [6.45, 7) is 12.8. The van der Waals surface area contributed by atoms with Crippen LogP contribution in [0.1, 0.15) is 63.2 Å². The minimum atomic E-state index is -0.352. The molecule has 1 heterocycles. The molecule has 1 aromatic carbocycles. The Bertz CT molecular complexity index is 927. The van der Waals surface area contributed by atoms with E-state index in [4.69, 9.17) is 0 Å². The van der Waals surface area contributed by atoms with Gasteiger partial charge in [0.1, 0.15) is 0 Å². The fourth-order valence-electron chi connectivity index (χ4n) is 6.85. The van der Waals surface area contributed by atoms with Gasteiger partial charge in [0.25, 0.3) is 5.91 Å². The molecule has 2 unspecified atom stereocenters. The molecule has 1 N–H and O–H groups in total. The van der Waals surface area contributed by atoms with Gasteiger partial charge in [-0.05, 0) is 85.5 Å². The zero-order chi connectivity index (χ0) is 23.2. The molecular weight excluding hydrogens is 410 g/mol. The Morgan fingerprint density at radius 1 is 1.09 bits per heavy atom. The lowest BCUT2D eigenvalue weighted by molar-refractivity contribution is -0.108. The van der Waals surface area contributed by atoms with Gasteiger partial charge < -0.3 is 4.90 Å². The lowest BCUT2D eigenvalue weighted by atomic mass is 9.69. The zero-order valence-electron chi connectivity index (χ0n) is 20.5. The number of nitrogens with one attached hydrogen (secondary N) is 1. The molecule has 0 aromatic heterocycles. The van der Waals surface area contributed by atoms with Crippen LogP contribution >= 0.6 is 0 Å². The van der Waals surface area contributed by atoms with Gasteiger partial charge in [0.05, 0.1) is 0 Å². The highest BCUT2D eigenvalue weighted by Crippen LogP contribution is 2.62. The van der Waals surface area contributed by atoms with E-state index >= 15 is 0 Å². The Kier molecular flexibility index (Phi) is 6.11. The minimum Gasteiger partial charge on any atom is -0.369 e. The number of hydrogen-bond acceptors (Lipinski definition) is 4. The van der Waals surface area contributed by atoms with Crippen molar-refractivity contribution < 1.29 is 9.59 Å². The number of nitrogens with zero attached hydrogens (tertiary/aromatic N) is 2. The summed E-state index contributed by atoms with van der Waals surface area (Å²) >= 11 is 0. The number of fused-ring (bicyclic) bond motifs is 1. The smallest absolute Gasteiger partial charge is 0.257 e. The van der Waals surface area contributed by atoms with Crippen molar-refractivity contribution in [2.24, 2.45) is 29.1 Å². The fourth-order valence-corrected chi connectivity index (χ4v) is 6.85. The average Bonchev–Trinajstić information content (AvgIpc) is 3.54. The molecule has 1 aromatic rings.